The zero-order valence-corrected chi connectivity index (χ0v) is 16.4. The number of carbonyl (C=O) groups is 1. The molecule has 0 aromatic heterocycles. The van der Waals surface area contributed by atoms with Crippen molar-refractivity contribution < 1.29 is 17.6 Å². The number of nitrogens with two attached hydrogens (primary N) is 1. The maximum absolute atomic E-state index is 13.3. The molecule has 1 amide bonds. The maximum atomic E-state index is 13.3. The predicted octanol–water partition coefficient (Wildman–Crippen LogP) is 2.92. The fourth-order valence-corrected chi connectivity index (χ4v) is 4.35. The van der Waals surface area contributed by atoms with Gasteiger partial charge in [0.25, 0.3) is 5.91 Å². The van der Waals surface area contributed by atoms with Crippen LogP contribution >= 0.6 is 24.0 Å². The summed E-state index contributed by atoms with van der Waals surface area (Å²) in [6.07, 6.45) is 2.12. The SMILES string of the molecule is NS(=O)(=O)c1ccc(CCN2C(=O)/C(=C\c3cccc(F)c3)SC2=S)cc1. The van der Waals surface area contributed by atoms with Gasteiger partial charge in [-0.1, -0.05) is 48.2 Å². The van der Waals surface area contributed by atoms with E-state index in [1.165, 1.54) is 40.9 Å². The molecule has 0 unspecified atom stereocenters. The highest BCUT2D eigenvalue weighted by atomic mass is 32.2. The van der Waals surface area contributed by atoms with Crippen LogP contribution in [0.4, 0.5) is 4.39 Å². The molecule has 140 valence electrons. The highest BCUT2D eigenvalue weighted by molar-refractivity contribution is 8.26. The van der Waals surface area contributed by atoms with Gasteiger partial charge in [0.2, 0.25) is 10.0 Å². The molecule has 3 rings (SSSR count). The number of hydrogen-bond acceptors (Lipinski definition) is 5. The van der Waals surface area contributed by atoms with Gasteiger partial charge in [-0.05, 0) is 47.9 Å². The number of thioether (sulfide) groups is 1. The van der Waals surface area contributed by atoms with Crippen LogP contribution in [-0.4, -0.2) is 30.1 Å². The molecule has 0 atom stereocenters. The van der Waals surface area contributed by atoms with Gasteiger partial charge in [0, 0.05) is 6.54 Å². The van der Waals surface area contributed by atoms with E-state index in [0.717, 1.165) is 5.56 Å². The lowest BCUT2D eigenvalue weighted by Crippen LogP contribution is -2.30. The zero-order chi connectivity index (χ0) is 19.6. The lowest BCUT2D eigenvalue weighted by Gasteiger charge is -2.14. The third kappa shape index (κ3) is 4.81. The number of hydrogen-bond donors (Lipinski definition) is 1. The lowest BCUT2D eigenvalue weighted by molar-refractivity contribution is -0.122. The molecule has 5 nitrogen and oxygen atoms in total. The average Bonchev–Trinajstić information content (AvgIpc) is 2.86. The molecule has 1 saturated heterocycles. The fourth-order valence-electron chi connectivity index (χ4n) is 2.53. The van der Waals surface area contributed by atoms with E-state index in [-0.39, 0.29) is 16.6 Å². The molecule has 0 bridgehead atoms. The highest BCUT2D eigenvalue weighted by Gasteiger charge is 2.31. The number of nitrogens with zero attached hydrogens (tertiary/aromatic N) is 1. The first-order chi connectivity index (χ1) is 12.7. The first kappa shape index (κ1) is 19.7. The van der Waals surface area contributed by atoms with E-state index >= 15 is 0 Å². The van der Waals surface area contributed by atoms with Crippen molar-refractivity contribution in [2.75, 3.05) is 6.54 Å². The van der Waals surface area contributed by atoms with Crippen molar-refractivity contribution in [2.45, 2.75) is 11.3 Å². The molecule has 0 saturated carbocycles. The Hall–Kier alpha value is -2.07. The van der Waals surface area contributed by atoms with Crippen molar-refractivity contribution in [1.82, 2.24) is 4.90 Å². The number of halogens is 1. The molecule has 2 aromatic carbocycles. The van der Waals surface area contributed by atoms with Crippen LogP contribution in [-0.2, 0) is 21.2 Å². The molecule has 9 heteroatoms. The summed E-state index contributed by atoms with van der Waals surface area (Å²) in [6.45, 7) is 0.361. The number of sulfonamides is 1. The molecule has 2 aromatic rings. The molecule has 1 aliphatic heterocycles. The summed E-state index contributed by atoms with van der Waals surface area (Å²) in [4.78, 5) is 14.5. The summed E-state index contributed by atoms with van der Waals surface area (Å²) in [7, 11) is -3.73. The van der Waals surface area contributed by atoms with Crippen LogP contribution in [0.25, 0.3) is 6.08 Å². The number of thiocarbonyl (C=S) groups is 1. The molecule has 0 radical (unpaired) electrons. The monoisotopic (exact) mass is 422 g/mol. The van der Waals surface area contributed by atoms with Crippen molar-refractivity contribution in [3.8, 4) is 0 Å². The Kier molecular flexibility index (Phi) is 5.75. The van der Waals surface area contributed by atoms with Gasteiger partial charge in [0.15, 0.2) is 0 Å². The van der Waals surface area contributed by atoms with E-state index in [9.17, 15) is 17.6 Å². The summed E-state index contributed by atoms with van der Waals surface area (Å²) in [5.41, 5.74) is 1.44. The average molecular weight is 423 g/mol. The van der Waals surface area contributed by atoms with Gasteiger partial charge in [-0.15, -0.1) is 0 Å². The summed E-state index contributed by atoms with van der Waals surface area (Å²) in [5, 5.41) is 5.07. The predicted molar refractivity (Wildman–Crippen MR) is 108 cm³/mol. The Bertz CT molecular complexity index is 1030. The third-order valence-corrected chi connectivity index (χ3v) is 6.20. The van der Waals surface area contributed by atoms with E-state index < -0.39 is 10.0 Å². The second-order valence-corrected chi connectivity index (χ2v) is 9.06. The van der Waals surface area contributed by atoms with E-state index in [2.05, 4.69) is 0 Å². The number of carbonyl (C=O) groups excluding carboxylic acids is 1. The molecule has 27 heavy (non-hydrogen) atoms. The van der Waals surface area contributed by atoms with Crippen molar-refractivity contribution in [1.29, 1.82) is 0 Å². The van der Waals surface area contributed by atoms with Crippen molar-refractivity contribution >= 4 is 50.3 Å². The van der Waals surface area contributed by atoms with Crippen molar-refractivity contribution in [2.24, 2.45) is 5.14 Å². The number of primary sulfonamides is 1. The van der Waals surface area contributed by atoms with Gasteiger partial charge >= 0.3 is 0 Å². The van der Waals surface area contributed by atoms with Gasteiger partial charge in [0.05, 0.1) is 9.80 Å². The van der Waals surface area contributed by atoms with Crippen LogP contribution < -0.4 is 5.14 Å². The van der Waals surface area contributed by atoms with Crippen LogP contribution in [0, 0.1) is 5.82 Å². The van der Waals surface area contributed by atoms with E-state index in [4.69, 9.17) is 17.4 Å². The van der Waals surface area contributed by atoms with Crippen LogP contribution in [0.15, 0.2) is 58.3 Å². The minimum atomic E-state index is -3.73. The van der Waals surface area contributed by atoms with Gasteiger partial charge in [-0.25, -0.2) is 17.9 Å². The van der Waals surface area contributed by atoms with Crippen LogP contribution in [0.5, 0.6) is 0 Å². The smallest absolute Gasteiger partial charge is 0.266 e. The van der Waals surface area contributed by atoms with Gasteiger partial charge in [-0.3, -0.25) is 9.69 Å². The van der Waals surface area contributed by atoms with Crippen LogP contribution in [0.2, 0.25) is 0 Å². The second kappa shape index (κ2) is 7.89. The number of amides is 1. The zero-order valence-electron chi connectivity index (χ0n) is 14.0. The quantitative estimate of drug-likeness (QED) is 0.592. The van der Waals surface area contributed by atoms with Crippen LogP contribution in [0.1, 0.15) is 11.1 Å². The second-order valence-electron chi connectivity index (χ2n) is 5.83. The van der Waals surface area contributed by atoms with E-state index in [1.54, 1.807) is 30.3 Å². The first-order valence-electron chi connectivity index (χ1n) is 7.87. The largest absolute Gasteiger partial charge is 0.293 e. The van der Waals surface area contributed by atoms with Crippen molar-refractivity contribution in [3.05, 3.63) is 70.4 Å². The molecular formula is C18H15FN2O3S3. The minimum Gasteiger partial charge on any atom is -0.293 e. The Labute approximate surface area is 166 Å². The Morgan fingerprint density at radius 3 is 2.52 bits per heavy atom. The van der Waals surface area contributed by atoms with E-state index in [0.29, 0.717) is 27.8 Å². The summed E-state index contributed by atoms with van der Waals surface area (Å²) in [5.74, 6) is -0.599. The normalized spacial score (nSPS) is 16.4. The lowest BCUT2D eigenvalue weighted by atomic mass is 10.1. The number of benzene rings is 2. The molecular weight excluding hydrogens is 407 g/mol. The summed E-state index contributed by atoms with van der Waals surface area (Å²) >= 11 is 6.45. The number of rotatable bonds is 5. The van der Waals surface area contributed by atoms with Gasteiger partial charge in [0.1, 0.15) is 10.1 Å². The maximum Gasteiger partial charge on any atom is 0.266 e. The van der Waals surface area contributed by atoms with Crippen molar-refractivity contribution in [3.63, 3.8) is 0 Å². The van der Waals surface area contributed by atoms with Gasteiger partial charge < -0.3 is 0 Å². The first-order valence-corrected chi connectivity index (χ1v) is 10.6. The fraction of sp³-hybridized carbons (Fsp3) is 0.111. The molecule has 0 aliphatic carbocycles. The molecule has 2 N–H and O–H groups in total. The van der Waals surface area contributed by atoms with Crippen LogP contribution in [0.3, 0.4) is 0 Å². The third-order valence-electron chi connectivity index (χ3n) is 3.90. The Morgan fingerprint density at radius 2 is 1.89 bits per heavy atom. The summed E-state index contributed by atoms with van der Waals surface area (Å²) < 4.78 is 36.3. The van der Waals surface area contributed by atoms with E-state index in [1.807, 2.05) is 0 Å². The Balaban J connectivity index is 1.69. The standard InChI is InChI=1S/C18H15FN2O3S3/c19-14-3-1-2-13(10-14)11-16-17(22)21(18(25)26-16)9-8-12-4-6-15(7-5-12)27(20,23)24/h1-7,10-11H,8-9H2,(H2,20,23,24)/b16-11+. The Morgan fingerprint density at radius 1 is 1.19 bits per heavy atom. The molecule has 0 spiro atoms. The highest BCUT2D eigenvalue weighted by Crippen LogP contribution is 2.32. The van der Waals surface area contributed by atoms with Gasteiger partial charge in [-0.2, -0.15) is 0 Å². The topological polar surface area (TPSA) is 80.5 Å². The molecule has 1 fully saturated rings. The summed E-state index contributed by atoms with van der Waals surface area (Å²) in [6, 6.07) is 12.1. The molecule has 1 heterocycles. The minimum absolute atomic E-state index is 0.0369. The molecule has 1 aliphatic rings.